The molecule has 35 heavy (non-hydrogen) atoms. The second-order valence-electron chi connectivity index (χ2n) is 10.1. The number of methoxy groups -OCH3 is 1. The van der Waals surface area contributed by atoms with Crippen molar-refractivity contribution in [2.24, 2.45) is 11.3 Å². The molecule has 0 bridgehead atoms. The molecule has 1 aromatic heterocycles. The zero-order valence-corrected chi connectivity index (χ0v) is 21.3. The highest BCUT2D eigenvalue weighted by Crippen LogP contribution is 2.30. The van der Waals surface area contributed by atoms with Crippen molar-refractivity contribution >= 4 is 40.2 Å². The summed E-state index contributed by atoms with van der Waals surface area (Å²) >= 11 is 6.14. The highest BCUT2D eigenvalue weighted by Gasteiger charge is 2.31. The van der Waals surface area contributed by atoms with Crippen LogP contribution in [0.4, 0.5) is 0 Å². The summed E-state index contributed by atoms with van der Waals surface area (Å²) in [4.78, 5) is 41.5. The zero-order valence-electron chi connectivity index (χ0n) is 20.6. The summed E-state index contributed by atoms with van der Waals surface area (Å²) in [6.45, 7) is 6.62. The fourth-order valence-electron chi connectivity index (χ4n) is 4.31. The molecule has 3 amide bonds. The molecule has 9 heteroatoms. The SMILES string of the molecule is C#CC(CC1CCCNC1=O)NC(=O)C(CC(C)(C)C)NC(=O)c1cc2c(OC)cc(Cl)cc2[nH]1. The van der Waals surface area contributed by atoms with Crippen LogP contribution in [-0.4, -0.2) is 48.4 Å². The lowest BCUT2D eigenvalue weighted by Crippen LogP contribution is -2.51. The molecule has 1 saturated heterocycles. The first-order valence-corrected chi connectivity index (χ1v) is 12.1. The number of amides is 3. The summed E-state index contributed by atoms with van der Waals surface area (Å²) < 4.78 is 5.37. The molecule has 0 spiro atoms. The van der Waals surface area contributed by atoms with Crippen molar-refractivity contribution in [2.45, 2.75) is 58.5 Å². The normalized spacial score (nSPS) is 17.7. The molecule has 1 aliphatic rings. The minimum Gasteiger partial charge on any atom is -0.496 e. The predicted octanol–water partition coefficient (Wildman–Crippen LogP) is 3.40. The van der Waals surface area contributed by atoms with Gasteiger partial charge < -0.3 is 25.7 Å². The smallest absolute Gasteiger partial charge is 0.268 e. The number of ether oxygens (including phenoxy) is 1. The van der Waals surface area contributed by atoms with E-state index in [0.717, 1.165) is 12.8 Å². The maximum absolute atomic E-state index is 13.2. The average Bonchev–Trinajstić information content (AvgIpc) is 3.22. The van der Waals surface area contributed by atoms with Gasteiger partial charge in [-0.15, -0.1) is 6.42 Å². The average molecular weight is 501 g/mol. The van der Waals surface area contributed by atoms with E-state index in [1.54, 1.807) is 18.2 Å². The highest BCUT2D eigenvalue weighted by atomic mass is 35.5. The first kappa shape index (κ1) is 26.4. The molecule has 1 aromatic carbocycles. The van der Waals surface area contributed by atoms with Crippen LogP contribution in [0.3, 0.4) is 0 Å². The van der Waals surface area contributed by atoms with Gasteiger partial charge in [0.1, 0.15) is 17.5 Å². The van der Waals surface area contributed by atoms with Gasteiger partial charge in [0.2, 0.25) is 11.8 Å². The van der Waals surface area contributed by atoms with E-state index in [0.29, 0.717) is 41.1 Å². The highest BCUT2D eigenvalue weighted by molar-refractivity contribution is 6.31. The van der Waals surface area contributed by atoms with Crippen molar-refractivity contribution in [1.82, 2.24) is 20.9 Å². The molecule has 8 nitrogen and oxygen atoms in total. The quantitative estimate of drug-likeness (QED) is 0.416. The Kier molecular flexibility index (Phi) is 8.34. The Balaban J connectivity index is 1.76. The van der Waals surface area contributed by atoms with Crippen LogP contribution in [0.1, 0.15) is 56.9 Å². The summed E-state index contributed by atoms with van der Waals surface area (Å²) in [6.07, 6.45) is 8.03. The molecule has 3 unspecified atom stereocenters. The van der Waals surface area contributed by atoms with Gasteiger partial charge in [-0.2, -0.15) is 0 Å². The van der Waals surface area contributed by atoms with Gasteiger partial charge in [0, 0.05) is 22.9 Å². The number of rotatable bonds is 8. The Morgan fingerprint density at radius 2 is 2.03 bits per heavy atom. The van der Waals surface area contributed by atoms with E-state index in [4.69, 9.17) is 22.8 Å². The topological polar surface area (TPSA) is 112 Å². The van der Waals surface area contributed by atoms with Crippen LogP contribution in [0, 0.1) is 23.7 Å². The van der Waals surface area contributed by atoms with E-state index in [9.17, 15) is 14.4 Å². The minimum atomic E-state index is -0.824. The third-order valence-electron chi connectivity index (χ3n) is 6.00. The Bertz CT molecular complexity index is 1140. The molecule has 3 rings (SSSR count). The standard InChI is InChI=1S/C26H33ClN4O4/c1-6-17(10-15-8-7-9-28-23(15)32)29-25(34)21(14-26(2,3)4)31-24(33)20-13-18-19(30-20)11-16(27)12-22(18)35-5/h1,11-13,15,17,21,30H,7-10,14H2,2-5H3,(H,28,32)(H,29,34)(H,31,33). The van der Waals surface area contributed by atoms with Crippen LogP contribution < -0.4 is 20.7 Å². The molecule has 1 fully saturated rings. The van der Waals surface area contributed by atoms with Gasteiger partial charge in [0.15, 0.2) is 0 Å². The molecule has 2 heterocycles. The molecule has 0 aliphatic carbocycles. The lowest BCUT2D eigenvalue weighted by Gasteiger charge is -2.28. The van der Waals surface area contributed by atoms with E-state index in [2.05, 4.69) is 26.9 Å². The molecule has 1 aliphatic heterocycles. The number of H-pyrrole nitrogens is 1. The van der Waals surface area contributed by atoms with Gasteiger partial charge in [-0.1, -0.05) is 38.3 Å². The van der Waals surface area contributed by atoms with Crippen LogP contribution in [0.15, 0.2) is 18.2 Å². The van der Waals surface area contributed by atoms with E-state index >= 15 is 0 Å². The van der Waals surface area contributed by atoms with Crippen molar-refractivity contribution in [3.8, 4) is 18.1 Å². The van der Waals surface area contributed by atoms with E-state index < -0.39 is 18.0 Å². The number of carbonyl (C=O) groups is 3. The molecular formula is C26H33ClN4O4. The van der Waals surface area contributed by atoms with E-state index in [1.807, 2.05) is 20.8 Å². The third-order valence-corrected chi connectivity index (χ3v) is 6.22. The predicted molar refractivity (Wildman–Crippen MR) is 136 cm³/mol. The fourth-order valence-corrected chi connectivity index (χ4v) is 4.51. The van der Waals surface area contributed by atoms with E-state index in [1.165, 1.54) is 7.11 Å². The lowest BCUT2D eigenvalue weighted by molar-refractivity contribution is -0.128. The molecule has 188 valence electrons. The molecule has 3 atom stereocenters. The van der Waals surface area contributed by atoms with Gasteiger partial charge >= 0.3 is 0 Å². The van der Waals surface area contributed by atoms with Crippen LogP contribution in [0.2, 0.25) is 5.02 Å². The van der Waals surface area contributed by atoms with Crippen molar-refractivity contribution in [2.75, 3.05) is 13.7 Å². The summed E-state index contributed by atoms with van der Waals surface area (Å²) in [5.74, 6) is 2.01. The first-order valence-electron chi connectivity index (χ1n) is 11.7. The Morgan fingerprint density at radius 3 is 2.66 bits per heavy atom. The number of terminal acetylenes is 1. The number of hydrogen-bond acceptors (Lipinski definition) is 4. The Labute approximate surface area is 210 Å². The number of fused-ring (bicyclic) bond motifs is 1. The number of halogens is 1. The third kappa shape index (κ3) is 6.92. The van der Waals surface area contributed by atoms with Crippen LogP contribution in [0.5, 0.6) is 5.75 Å². The zero-order chi connectivity index (χ0) is 25.8. The number of carbonyl (C=O) groups excluding carboxylic acids is 3. The summed E-state index contributed by atoms with van der Waals surface area (Å²) in [7, 11) is 1.53. The molecule has 2 aromatic rings. The maximum atomic E-state index is 13.2. The van der Waals surface area contributed by atoms with Crippen LogP contribution in [0.25, 0.3) is 10.9 Å². The summed E-state index contributed by atoms with van der Waals surface area (Å²) in [5, 5.41) is 9.71. The van der Waals surface area contributed by atoms with E-state index in [-0.39, 0.29) is 28.8 Å². The number of nitrogens with one attached hydrogen (secondary N) is 4. The van der Waals surface area contributed by atoms with Gasteiger partial charge in [0.05, 0.1) is 18.7 Å². The van der Waals surface area contributed by atoms with Crippen LogP contribution in [-0.2, 0) is 9.59 Å². The molecule has 0 radical (unpaired) electrons. The minimum absolute atomic E-state index is 0.0420. The first-order chi connectivity index (χ1) is 16.5. The number of piperidine rings is 1. The molecule has 4 N–H and O–H groups in total. The van der Waals surface area contributed by atoms with Crippen LogP contribution >= 0.6 is 11.6 Å². The van der Waals surface area contributed by atoms with Crippen molar-refractivity contribution in [3.63, 3.8) is 0 Å². The van der Waals surface area contributed by atoms with Crippen molar-refractivity contribution in [3.05, 3.63) is 28.9 Å². The Morgan fingerprint density at radius 1 is 1.29 bits per heavy atom. The van der Waals surface area contributed by atoms with Gasteiger partial charge in [-0.05, 0) is 49.3 Å². The number of aromatic nitrogens is 1. The maximum Gasteiger partial charge on any atom is 0.268 e. The van der Waals surface area contributed by atoms with Gasteiger partial charge in [-0.25, -0.2) is 0 Å². The lowest BCUT2D eigenvalue weighted by atomic mass is 9.87. The fraction of sp³-hybridized carbons (Fsp3) is 0.500. The molecular weight excluding hydrogens is 468 g/mol. The second-order valence-corrected chi connectivity index (χ2v) is 10.6. The largest absolute Gasteiger partial charge is 0.496 e. The van der Waals surface area contributed by atoms with Gasteiger partial charge in [0.25, 0.3) is 5.91 Å². The monoisotopic (exact) mass is 500 g/mol. The number of hydrogen-bond donors (Lipinski definition) is 4. The van der Waals surface area contributed by atoms with Crippen molar-refractivity contribution in [1.29, 1.82) is 0 Å². The summed E-state index contributed by atoms with van der Waals surface area (Å²) in [6, 6.07) is 3.60. The second kappa shape index (κ2) is 11.0. The Hall–Kier alpha value is -3.18. The number of aromatic amines is 1. The summed E-state index contributed by atoms with van der Waals surface area (Å²) in [5.41, 5.74) is 0.676. The number of benzene rings is 1. The van der Waals surface area contributed by atoms with Crippen molar-refractivity contribution < 1.29 is 19.1 Å². The molecule has 0 saturated carbocycles. The van der Waals surface area contributed by atoms with Gasteiger partial charge in [-0.3, -0.25) is 14.4 Å².